The third-order valence-corrected chi connectivity index (χ3v) is 7.24. The summed E-state index contributed by atoms with van der Waals surface area (Å²) in [4.78, 5) is 25.8. The molecule has 0 saturated carbocycles. The number of nitrogens with one attached hydrogen (secondary N) is 1. The summed E-state index contributed by atoms with van der Waals surface area (Å²) >= 11 is 0.451. The predicted octanol–water partition coefficient (Wildman–Crippen LogP) is 5.64. The third kappa shape index (κ3) is 3.32. The highest BCUT2D eigenvalue weighted by Gasteiger charge is 2.44. The molecule has 12 heteroatoms. The number of H-pyrrole nitrogens is 1. The zero-order chi connectivity index (χ0) is 25.4. The minimum atomic E-state index is -4.57. The van der Waals surface area contributed by atoms with Gasteiger partial charge in [-0.05, 0) is 31.2 Å². The van der Waals surface area contributed by atoms with Crippen LogP contribution in [0.3, 0.4) is 0 Å². The number of halogens is 4. The molecule has 1 N–H and O–H groups in total. The average Bonchev–Trinajstić information content (AvgIpc) is 3.60. The molecule has 5 aromatic rings. The van der Waals surface area contributed by atoms with Gasteiger partial charge < -0.3 is 4.98 Å². The molecular formula is C24H16F4N6OS. The van der Waals surface area contributed by atoms with Gasteiger partial charge in [0.25, 0.3) is 5.91 Å². The lowest BCUT2D eigenvalue weighted by atomic mass is 9.96. The second-order valence-corrected chi connectivity index (χ2v) is 9.28. The van der Waals surface area contributed by atoms with Gasteiger partial charge >= 0.3 is 6.18 Å². The van der Waals surface area contributed by atoms with Crippen LogP contribution in [0, 0.1) is 12.7 Å². The van der Waals surface area contributed by atoms with E-state index < -0.39 is 23.0 Å². The molecule has 36 heavy (non-hydrogen) atoms. The molecule has 0 spiro atoms. The van der Waals surface area contributed by atoms with E-state index >= 15 is 4.39 Å². The molecule has 1 unspecified atom stereocenters. The smallest absolute Gasteiger partial charge is 0.345 e. The lowest BCUT2D eigenvalue weighted by Crippen LogP contribution is -2.30. The van der Waals surface area contributed by atoms with Crippen molar-refractivity contribution in [2.24, 2.45) is 7.05 Å². The van der Waals surface area contributed by atoms with E-state index in [1.165, 1.54) is 22.4 Å². The highest BCUT2D eigenvalue weighted by Crippen LogP contribution is 2.44. The van der Waals surface area contributed by atoms with E-state index in [-0.39, 0.29) is 28.4 Å². The molecule has 0 aliphatic carbocycles. The number of hydrogen-bond donors (Lipinski definition) is 1. The van der Waals surface area contributed by atoms with Crippen LogP contribution >= 0.6 is 11.3 Å². The number of rotatable bonds is 3. The topological polar surface area (TPSA) is 79.7 Å². The van der Waals surface area contributed by atoms with Gasteiger partial charge in [-0.3, -0.25) is 14.4 Å². The Morgan fingerprint density at radius 2 is 1.94 bits per heavy atom. The van der Waals surface area contributed by atoms with E-state index in [1.807, 2.05) is 0 Å². The summed E-state index contributed by atoms with van der Waals surface area (Å²) in [6.07, 6.45) is -3.03. The Balaban J connectivity index is 1.48. The Labute approximate surface area is 205 Å². The summed E-state index contributed by atoms with van der Waals surface area (Å²) in [5.41, 5.74) is 3.86. The number of aryl methyl sites for hydroxylation is 1. The number of thiazole rings is 1. The van der Waals surface area contributed by atoms with Crippen LogP contribution in [0.2, 0.25) is 0 Å². The zero-order valence-corrected chi connectivity index (χ0v) is 19.6. The van der Waals surface area contributed by atoms with Gasteiger partial charge in [-0.2, -0.15) is 18.3 Å². The van der Waals surface area contributed by atoms with Crippen molar-refractivity contribution >= 4 is 34.0 Å². The Bertz CT molecular complexity index is 1670. The molecule has 0 saturated heterocycles. The van der Waals surface area contributed by atoms with Crippen molar-refractivity contribution in [1.82, 2.24) is 24.7 Å². The molecule has 1 atom stereocenters. The number of hydrogen-bond acceptors (Lipinski definition) is 5. The number of benzene rings is 2. The van der Waals surface area contributed by atoms with Crippen LogP contribution in [0.25, 0.3) is 22.3 Å². The number of nitrogens with zero attached hydrogens (tertiary/aromatic N) is 5. The summed E-state index contributed by atoms with van der Waals surface area (Å²) in [6, 6.07) is 8.57. The van der Waals surface area contributed by atoms with Crippen LogP contribution < -0.4 is 4.90 Å². The molecule has 4 heterocycles. The number of anilines is 1. The van der Waals surface area contributed by atoms with Gasteiger partial charge in [0.15, 0.2) is 10.7 Å². The quantitative estimate of drug-likeness (QED) is 0.318. The van der Waals surface area contributed by atoms with Gasteiger partial charge in [0, 0.05) is 40.5 Å². The summed E-state index contributed by atoms with van der Waals surface area (Å²) < 4.78 is 56.2. The first-order valence-corrected chi connectivity index (χ1v) is 11.6. The van der Waals surface area contributed by atoms with Crippen LogP contribution in [0.15, 0.2) is 48.1 Å². The second-order valence-electron chi connectivity index (χ2n) is 8.42. The van der Waals surface area contributed by atoms with Crippen molar-refractivity contribution in [2.75, 3.05) is 4.90 Å². The number of carbonyl (C=O) groups is 1. The minimum absolute atomic E-state index is 0.0272. The highest BCUT2D eigenvalue weighted by atomic mass is 32.1. The number of aromatic nitrogens is 5. The van der Waals surface area contributed by atoms with Crippen molar-refractivity contribution in [3.05, 3.63) is 81.4 Å². The first kappa shape index (κ1) is 22.4. The molecule has 0 radical (unpaired) electrons. The maximum Gasteiger partial charge on any atom is 0.443 e. The Morgan fingerprint density at radius 3 is 2.67 bits per heavy atom. The van der Waals surface area contributed by atoms with E-state index in [2.05, 4.69) is 20.1 Å². The number of alkyl halides is 3. The van der Waals surface area contributed by atoms with E-state index in [0.29, 0.717) is 33.8 Å². The molecule has 1 aliphatic rings. The summed E-state index contributed by atoms with van der Waals surface area (Å²) in [6.45, 7) is 1.80. The van der Waals surface area contributed by atoms with Crippen LogP contribution in [-0.4, -0.2) is 30.6 Å². The number of fused-ring (bicyclic) bond motifs is 2. The first-order valence-electron chi connectivity index (χ1n) is 10.8. The maximum absolute atomic E-state index is 15.7. The van der Waals surface area contributed by atoms with Crippen molar-refractivity contribution < 1.29 is 22.4 Å². The zero-order valence-electron chi connectivity index (χ0n) is 18.8. The van der Waals surface area contributed by atoms with Crippen LogP contribution in [0.5, 0.6) is 0 Å². The Hall–Kier alpha value is -4.06. The summed E-state index contributed by atoms with van der Waals surface area (Å²) in [5, 5.41) is 4.60. The largest absolute Gasteiger partial charge is 0.443 e. The van der Waals surface area contributed by atoms with Crippen LogP contribution in [-0.2, 0) is 13.2 Å². The molecule has 3 aromatic heterocycles. The molecule has 7 nitrogen and oxygen atoms in total. The fraction of sp³-hybridized carbons (Fsp3) is 0.167. The van der Waals surface area contributed by atoms with Crippen molar-refractivity contribution in [1.29, 1.82) is 0 Å². The fourth-order valence-corrected chi connectivity index (χ4v) is 5.24. The monoisotopic (exact) mass is 512 g/mol. The normalized spacial score (nSPS) is 15.8. The average molecular weight is 512 g/mol. The van der Waals surface area contributed by atoms with Gasteiger partial charge in [-0.1, -0.05) is 12.1 Å². The minimum Gasteiger partial charge on any atom is -0.345 e. The van der Waals surface area contributed by atoms with Gasteiger partial charge in [-0.15, -0.1) is 11.3 Å². The molecule has 0 fully saturated rings. The predicted molar refractivity (Wildman–Crippen MR) is 125 cm³/mol. The lowest BCUT2D eigenvalue weighted by molar-refractivity contribution is -0.137. The number of imidazole rings is 1. The molecule has 1 amide bonds. The van der Waals surface area contributed by atoms with Gasteiger partial charge in [0.1, 0.15) is 5.82 Å². The Morgan fingerprint density at radius 1 is 1.14 bits per heavy atom. The van der Waals surface area contributed by atoms with Gasteiger partial charge in [0.2, 0.25) is 0 Å². The standard InChI is InChI=1S/C24H16F4N6OS/c1-11-19-20(32-33(11)2)22(35)34(13-4-6-16-17(8-13)30-10-29-16)21(19)14-5-3-12(7-15(14)25)18-9-36-23(31-18)24(26,27)28/h3-10,21H,1-2H3,(H,29,30). The first-order chi connectivity index (χ1) is 17.1. The fourth-order valence-electron chi connectivity index (χ4n) is 4.55. The van der Waals surface area contributed by atoms with Crippen LogP contribution in [0.4, 0.5) is 23.2 Å². The van der Waals surface area contributed by atoms with E-state index in [1.54, 1.807) is 43.2 Å². The number of carbonyl (C=O) groups excluding carboxylic acids is 1. The second kappa shape index (κ2) is 7.72. The van der Waals surface area contributed by atoms with E-state index in [0.717, 1.165) is 11.6 Å². The molecular weight excluding hydrogens is 496 g/mol. The molecule has 182 valence electrons. The lowest BCUT2D eigenvalue weighted by Gasteiger charge is -2.27. The molecule has 1 aliphatic heterocycles. The van der Waals surface area contributed by atoms with Gasteiger partial charge in [-0.25, -0.2) is 14.4 Å². The van der Waals surface area contributed by atoms with Crippen LogP contribution in [0.1, 0.15) is 38.4 Å². The highest BCUT2D eigenvalue weighted by molar-refractivity contribution is 7.10. The molecule has 2 aromatic carbocycles. The van der Waals surface area contributed by atoms with Crippen molar-refractivity contribution in [3.8, 4) is 11.3 Å². The Kier molecular flexibility index (Phi) is 4.80. The number of amides is 1. The summed E-state index contributed by atoms with van der Waals surface area (Å²) in [5.74, 6) is -1.06. The van der Waals surface area contributed by atoms with Crippen molar-refractivity contribution in [2.45, 2.75) is 19.1 Å². The SMILES string of the molecule is Cc1c2c(nn1C)C(=O)N(c1ccc3[nH]cnc3c1)C2c1ccc(-c2csc(C(F)(F)F)n2)cc1F. The molecule has 6 rings (SSSR count). The van der Waals surface area contributed by atoms with E-state index in [9.17, 15) is 18.0 Å². The third-order valence-electron chi connectivity index (χ3n) is 6.35. The maximum atomic E-state index is 15.7. The summed E-state index contributed by atoms with van der Waals surface area (Å²) in [7, 11) is 1.71. The van der Waals surface area contributed by atoms with Gasteiger partial charge in [0.05, 0.1) is 29.1 Å². The number of aromatic amines is 1. The van der Waals surface area contributed by atoms with Crippen molar-refractivity contribution in [3.63, 3.8) is 0 Å². The van der Waals surface area contributed by atoms with E-state index in [4.69, 9.17) is 0 Å². The molecule has 0 bridgehead atoms.